The Morgan fingerprint density at radius 1 is 1.08 bits per heavy atom. The lowest BCUT2D eigenvalue weighted by Gasteiger charge is -2.17. The number of carbonyl (C=O) groups excluding carboxylic acids is 1. The summed E-state index contributed by atoms with van der Waals surface area (Å²) in [7, 11) is 0. The first-order valence-electron chi connectivity index (χ1n) is 7.95. The average molecular weight is 325 g/mol. The molecule has 1 saturated heterocycles. The highest BCUT2D eigenvalue weighted by molar-refractivity contribution is 5.96. The highest BCUT2D eigenvalue weighted by Gasteiger charge is 2.23. The SMILES string of the molecule is O=C(N[C@@H](C(=O)O)c1ccccc1)c1ccc(N2CCCC2)nc1. The molecular formula is C18H19N3O3. The number of aliphatic carboxylic acids is 1. The number of amides is 1. The number of anilines is 1. The van der Waals surface area contributed by atoms with Gasteiger partial charge in [-0.25, -0.2) is 9.78 Å². The molecule has 1 fully saturated rings. The van der Waals surface area contributed by atoms with Gasteiger partial charge in [0.15, 0.2) is 6.04 Å². The van der Waals surface area contributed by atoms with E-state index >= 15 is 0 Å². The van der Waals surface area contributed by atoms with E-state index in [1.807, 2.05) is 0 Å². The van der Waals surface area contributed by atoms with Crippen LogP contribution in [0.1, 0.15) is 34.8 Å². The summed E-state index contributed by atoms with van der Waals surface area (Å²) in [5.41, 5.74) is 0.875. The number of hydrogen-bond acceptors (Lipinski definition) is 4. The van der Waals surface area contributed by atoms with Gasteiger partial charge >= 0.3 is 5.97 Å². The van der Waals surface area contributed by atoms with Crippen LogP contribution in [0.15, 0.2) is 48.7 Å². The van der Waals surface area contributed by atoms with Crippen molar-refractivity contribution in [2.75, 3.05) is 18.0 Å². The van der Waals surface area contributed by atoms with Crippen LogP contribution in [0.4, 0.5) is 5.82 Å². The molecular weight excluding hydrogens is 306 g/mol. The largest absolute Gasteiger partial charge is 0.479 e. The predicted molar refractivity (Wildman–Crippen MR) is 90.0 cm³/mol. The molecule has 1 atom stereocenters. The Hall–Kier alpha value is -2.89. The fraction of sp³-hybridized carbons (Fsp3) is 0.278. The summed E-state index contributed by atoms with van der Waals surface area (Å²) < 4.78 is 0. The predicted octanol–water partition coefficient (Wildman–Crippen LogP) is 2.24. The van der Waals surface area contributed by atoms with Gasteiger partial charge in [0.05, 0.1) is 5.56 Å². The number of nitrogens with one attached hydrogen (secondary N) is 1. The van der Waals surface area contributed by atoms with Crippen LogP contribution in [0, 0.1) is 0 Å². The first kappa shape index (κ1) is 16.0. The lowest BCUT2D eigenvalue weighted by Crippen LogP contribution is -2.33. The molecule has 2 heterocycles. The number of hydrogen-bond donors (Lipinski definition) is 2. The summed E-state index contributed by atoms with van der Waals surface area (Å²) in [6.45, 7) is 1.96. The lowest BCUT2D eigenvalue weighted by atomic mass is 10.1. The molecule has 2 N–H and O–H groups in total. The van der Waals surface area contributed by atoms with E-state index in [1.54, 1.807) is 42.5 Å². The van der Waals surface area contributed by atoms with E-state index in [1.165, 1.54) is 6.20 Å². The minimum atomic E-state index is -1.10. The molecule has 6 nitrogen and oxygen atoms in total. The second-order valence-corrected chi connectivity index (χ2v) is 5.75. The topological polar surface area (TPSA) is 82.5 Å². The Bertz CT molecular complexity index is 710. The van der Waals surface area contributed by atoms with Gasteiger partial charge in [-0.1, -0.05) is 30.3 Å². The molecule has 0 aliphatic carbocycles. The highest BCUT2D eigenvalue weighted by atomic mass is 16.4. The van der Waals surface area contributed by atoms with E-state index in [-0.39, 0.29) is 0 Å². The van der Waals surface area contributed by atoms with E-state index < -0.39 is 17.9 Å². The minimum absolute atomic E-state index is 0.347. The van der Waals surface area contributed by atoms with Crippen LogP contribution in [-0.4, -0.2) is 35.1 Å². The third-order valence-corrected chi connectivity index (χ3v) is 4.10. The van der Waals surface area contributed by atoms with Gasteiger partial charge in [0.2, 0.25) is 0 Å². The van der Waals surface area contributed by atoms with E-state index in [0.29, 0.717) is 11.1 Å². The molecule has 1 aromatic heterocycles. The number of benzene rings is 1. The highest BCUT2D eigenvalue weighted by Crippen LogP contribution is 2.18. The molecule has 0 bridgehead atoms. The van der Waals surface area contributed by atoms with Gasteiger partial charge in [-0.2, -0.15) is 0 Å². The van der Waals surface area contributed by atoms with Crippen molar-refractivity contribution in [1.29, 1.82) is 0 Å². The minimum Gasteiger partial charge on any atom is -0.479 e. The normalized spacial score (nSPS) is 15.1. The Kier molecular flexibility index (Phi) is 4.74. The molecule has 124 valence electrons. The quantitative estimate of drug-likeness (QED) is 0.881. The lowest BCUT2D eigenvalue weighted by molar-refractivity contribution is -0.139. The summed E-state index contributed by atoms with van der Waals surface area (Å²) in [6.07, 6.45) is 3.80. The van der Waals surface area contributed by atoms with Crippen LogP contribution < -0.4 is 10.2 Å². The van der Waals surface area contributed by atoms with Crippen molar-refractivity contribution in [1.82, 2.24) is 10.3 Å². The van der Waals surface area contributed by atoms with Crippen molar-refractivity contribution in [2.45, 2.75) is 18.9 Å². The number of pyridine rings is 1. The van der Waals surface area contributed by atoms with E-state index in [2.05, 4.69) is 15.2 Å². The summed E-state index contributed by atoms with van der Waals surface area (Å²) >= 11 is 0. The summed E-state index contributed by atoms with van der Waals surface area (Å²) in [5.74, 6) is -0.704. The Morgan fingerprint density at radius 2 is 1.79 bits per heavy atom. The Balaban J connectivity index is 1.72. The number of carbonyl (C=O) groups is 2. The number of rotatable bonds is 5. The standard InChI is InChI=1S/C18H19N3O3/c22-17(20-16(18(23)24)13-6-2-1-3-7-13)14-8-9-15(19-12-14)21-10-4-5-11-21/h1-3,6-9,12,16H,4-5,10-11H2,(H,20,22)(H,23,24)/t16-/m1/s1. The van der Waals surface area contributed by atoms with Crippen molar-refractivity contribution < 1.29 is 14.7 Å². The maximum Gasteiger partial charge on any atom is 0.330 e. The molecule has 1 amide bonds. The summed E-state index contributed by atoms with van der Waals surface area (Å²) in [5, 5.41) is 11.9. The van der Waals surface area contributed by atoms with Gasteiger partial charge in [0.1, 0.15) is 5.82 Å². The van der Waals surface area contributed by atoms with Crippen LogP contribution >= 0.6 is 0 Å². The van der Waals surface area contributed by atoms with Crippen LogP contribution in [0.3, 0.4) is 0 Å². The monoisotopic (exact) mass is 325 g/mol. The van der Waals surface area contributed by atoms with Gasteiger partial charge in [-0.05, 0) is 30.5 Å². The van der Waals surface area contributed by atoms with Crippen LogP contribution in [0.25, 0.3) is 0 Å². The molecule has 1 aliphatic rings. The molecule has 0 saturated carbocycles. The Morgan fingerprint density at radius 3 is 2.38 bits per heavy atom. The zero-order valence-electron chi connectivity index (χ0n) is 13.2. The molecule has 0 unspecified atom stereocenters. The molecule has 0 spiro atoms. The van der Waals surface area contributed by atoms with Crippen molar-refractivity contribution in [3.8, 4) is 0 Å². The molecule has 2 aromatic rings. The van der Waals surface area contributed by atoms with E-state index in [9.17, 15) is 14.7 Å². The van der Waals surface area contributed by atoms with Crippen LogP contribution in [0.2, 0.25) is 0 Å². The molecule has 3 rings (SSSR count). The molecule has 6 heteroatoms. The van der Waals surface area contributed by atoms with Crippen LogP contribution in [0.5, 0.6) is 0 Å². The third-order valence-electron chi connectivity index (χ3n) is 4.10. The summed E-state index contributed by atoms with van der Waals surface area (Å²) in [4.78, 5) is 30.3. The molecule has 1 aliphatic heterocycles. The first-order valence-corrected chi connectivity index (χ1v) is 7.95. The van der Waals surface area contributed by atoms with Crippen LogP contribution in [-0.2, 0) is 4.79 Å². The van der Waals surface area contributed by atoms with Gasteiger partial charge in [-0.15, -0.1) is 0 Å². The number of nitrogens with zero attached hydrogens (tertiary/aromatic N) is 2. The fourth-order valence-corrected chi connectivity index (χ4v) is 2.80. The number of aromatic nitrogens is 1. The Labute approximate surface area is 140 Å². The zero-order valence-corrected chi connectivity index (χ0v) is 13.2. The second-order valence-electron chi connectivity index (χ2n) is 5.75. The second kappa shape index (κ2) is 7.12. The van der Waals surface area contributed by atoms with Crippen molar-refractivity contribution in [2.24, 2.45) is 0 Å². The van der Waals surface area contributed by atoms with Crippen molar-refractivity contribution in [3.05, 3.63) is 59.8 Å². The molecule has 1 aromatic carbocycles. The number of carboxylic acid groups (broad SMARTS) is 1. The smallest absolute Gasteiger partial charge is 0.330 e. The maximum atomic E-state index is 12.3. The van der Waals surface area contributed by atoms with Gasteiger partial charge in [-0.3, -0.25) is 4.79 Å². The summed E-state index contributed by atoms with van der Waals surface area (Å²) in [6, 6.07) is 11.0. The van der Waals surface area contributed by atoms with Crippen molar-refractivity contribution in [3.63, 3.8) is 0 Å². The van der Waals surface area contributed by atoms with E-state index in [0.717, 1.165) is 31.7 Å². The van der Waals surface area contributed by atoms with Gasteiger partial charge < -0.3 is 15.3 Å². The van der Waals surface area contributed by atoms with Gasteiger partial charge in [0.25, 0.3) is 5.91 Å². The third kappa shape index (κ3) is 3.53. The average Bonchev–Trinajstić information content (AvgIpc) is 3.15. The fourth-order valence-electron chi connectivity index (χ4n) is 2.80. The van der Waals surface area contributed by atoms with Crippen molar-refractivity contribution >= 4 is 17.7 Å². The maximum absolute atomic E-state index is 12.3. The zero-order chi connectivity index (χ0) is 16.9. The number of carboxylic acids is 1. The molecule has 24 heavy (non-hydrogen) atoms. The molecule has 0 radical (unpaired) electrons. The van der Waals surface area contributed by atoms with E-state index in [4.69, 9.17) is 0 Å². The first-order chi connectivity index (χ1) is 11.6. The van der Waals surface area contributed by atoms with Gasteiger partial charge in [0, 0.05) is 19.3 Å².